The van der Waals surface area contributed by atoms with Crippen molar-refractivity contribution in [2.45, 2.75) is 52.5 Å². The zero-order valence-corrected chi connectivity index (χ0v) is 14.5. The summed E-state index contributed by atoms with van der Waals surface area (Å²) in [6.07, 6.45) is 4.09. The normalized spacial score (nSPS) is 16.8. The Morgan fingerprint density at radius 1 is 1.22 bits per heavy atom. The number of piperidine rings is 1. The van der Waals surface area contributed by atoms with E-state index in [0.29, 0.717) is 11.7 Å². The summed E-state index contributed by atoms with van der Waals surface area (Å²) in [5.41, 5.74) is 3.89. The lowest BCUT2D eigenvalue weighted by molar-refractivity contribution is 0.166. The molecule has 1 atom stereocenters. The Morgan fingerprint density at radius 3 is 2.35 bits per heavy atom. The molecule has 0 radical (unpaired) electrons. The van der Waals surface area contributed by atoms with Crippen LogP contribution < -0.4 is 10.6 Å². The van der Waals surface area contributed by atoms with Gasteiger partial charge in [0.15, 0.2) is 0 Å². The van der Waals surface area contributed by atoms with Gasteiger partial charge in [0, 0.05) is 24.0 Å². The van der Waals surface area contributed by atoms with Crippen LogP contribution in [0.4, 0.5) is 16.2 Å². The summed E-state index contributed by atoms with van der Waals surface area (Å²) in [7, 11) is 0. The minimum Gasteiger partial charge on any atom is -0.465 e. The Labute approximate surface area is 139 Å². The van der Waals surface area contributed by atoms with E-state index < -0.39 is 6.09 Å². The van der Waals surface area contributed by atoms with Gasteiger partial charge in [-0.3, -0.25) is 10.2 Å². The van der Waals surface area contributed by atoms with Gasteiger partial charge in [0.05, 0.1) is 0 Å². The van der Waals surface area contributed by atoms with Crippen molar-refractivity contribution in [3.05, 3.63) is 23.3 Å². The Hall–Kier alpha value is -1.75. The SMILES string of the molecule is CCC(CNc1c(C)cc(NC(=O)O)cc1C)N1CCCCC1. The number of rotatable bonds is 6. The molecule has 0 bridgehead atoms. The summed E-state index contributed by atoms with van der Waals surface area (Å²) in [6, 6.07) is 4.32. The van der Waals surface area contributed by atoms with Crippen molar-refractivity contribution in [1.29, 1.82) is 0 Å². The molecular formula is C18H29N3O2. The number of likely N-dealkylation sites (tertiary alicyclic amines) is 1. The Bertz CT molecular complexity index is 516. The number of nitrogens with zero attached hydrogens (tertiary/aromatic N) is 1. The molecule has 2 rings (SSSR count). The number of hydrogen-bond acceptors (Lipinski definition) is 3. The highest BCUT2D eigenvalue weighted by atomic mass is 16.4. The number of carbonyl (C=O) groups is 1. The van der Waals surface area contributed by atoms with Crippen molar-refractivity contribution in [3.8, 4) is 0 Å². The fraction of sp³-hybridized carbons (Fsp3) is 0.611. The van der Waals surface area contributed by atoms with Gasteiger partial charge in [-0.05, 0) is 69.5 Å². The first-order valence-electron chi connectivity index (χ1n) is 8.60. The van der Waals surface area contributed by atoms with Gasteiger partial charge in [0.1, 0.15) is 0 Å². The van der Waals surface area contributed by atoms with E-state index in [1.165, 1.54) is 32.4 Å². The number of hydrogen-bond donors (Lipinski definition) is 3. The van der Waals surface area contributed by atoms with Crippen LogP contribution in [0.1, 0.15) is 43.7 Å². The second-order valence-electron chi connectivity index (χ2n) is 6.45. The molecule has 1 heterocycles. The van der Waals surface area contributed by atoms with Crippen LogP contribution in [0, 0.1) is 13.8 Å². The predicted molar refractivity (Wildman–Crippen MR) is 95.6 cm³/mol. The Balaban J connectivity index is 2.02. The average molecular weight is 319 g/mol. The summed E-state index contributed by atoms with van der Waals surface area (Å²) < 4.78 is 0. The molecule has 23 heavy (non-hydrogen) atoms. The number of anilines is 2. The number of carboxylic acid groups (broad SMARTS) is 1. The summed E-state index contributed by atoms with van der Waals surface area (Å²) >= 11 is 0. The maximum atomic E-state index is 10.8. The standard InChI is InChI=1S/C18H29N3O2/c1-4-16(21-8-6-5-7-9-21)12-19-17-13(2)10-15(11-14(17)3)20-18(22)23/h10-11,16,19-20H,4-9,12H2,1-3H3,(H,22,23). The largest absolute Gasteiger partial charge is 0.465 e. The molecule has 5 heteroatoms. The number of aryl methyl sites for hydroxylation is 2. The molecule has 1 aliphatic heterocycles. The molecule has 0 saturated carbocycles. The minimum atomic E-state index is -1.03. The molecule has 5 nitrogen and oxygen atoms in total. The smallest absolute Gasteiger partial charge is 0.409 e. The molecule has 1 aromatic rings. The zero-order valence-electron chi connectivity index (χ0n) is 14.5. The maximum absolute atomic E-state index is 10.8. The zero-order chi connectivity index (χ0) is 16.8. The van der Waals surface area contributed by atoms with Crippen LogP contribution in [0.2, 0.25) is 0 Å². The van der Waals surface area contributed by atoms with Crippen molar-refractivity contribution in [2.24, 2.45) is 0 Å². The van der Waals surface area contributed by atoms with Crippen LogP contribution in [-0.4, -0.2) is 41.8 Å². The minimum absolute atomic E-state index is 0.561. The van der Waals surface area contributed by atoms with Crippen LogP contribution >= 0.6 is 0 Å². The highest BCUT2D eigenvalue weighted by molar-refractivity contribution is 5.84. The van der Waals surface area contributed by atoms with E-state index in [1.807, 2.05) is 26.0 Å². The van der Waals surface area contributed by atoms with Gasteiger partial charge in [-0.25, -0.2) is 4.79 Å². The molecule has 1 aromatic carbocycles. The van der Waals surface area contributed by atoms with Crippen LogP contribution in [0.5, 0.6) is 0 Å². The van der Waals surface area contributed by atoms with Crippen molar-refractivity contribution in [3.63, 3.8) is 0 Å². The summed E-state index contributed by atoms with van der Waals surface area (Å²) in [5, 5.41) is 14.9. The highest BCUT2D eigenvalue weighted by Gasteiger charge is 2.19. The topological polar surface area (TPSA) is 64.6 Å². The second kappa shape index (κ2) is 8.20. The number of benzene rings is 1. The van der Waals surface area contributed by atoms with Gasteiger partial charge in [-0.1, -0.05) is 13.3 Å². The molecule has 0 aliphatic carbocycles. The van der Waals surface area contributed by atoms with E-state index in [1.54, 1.807) is 0 Å². The lowest BCUT2D eigenvalue weighted by Gasteiger charge is -2.34. The lowest BCUT2D eigenvalue weighted by atomic mass is 10.0. The molecule has 3 N–H and O–H groups in total. The molecule has 1 unspecified atom stereocenters. The van der Waals surface area contributed by atoms with Gasteiger partial charge in [-0.15, -0.1) is 0 Å². The summed E-state index contributed by atoms with van der Waals surface area (Å²) in [4.78, 5) is 13.4. The third-order valence-electron chi connectivity index (χ3n) is 4.68. The van der Waals surface area contributed by atoms with Crippen LogP contribution in [0.25, 0.3) is 0 Å². The van der Waals surface area contributed by atoms with Gasteiger partial charge in [0.2, 0.25) is 0 Å². The van der Waals surface area contributed by atoms with E-state index in [4.69, 9.17) is 5.11 Å². The van der Waals surface area contributed by atoms with Crippen molar-refractivity contribution < 1.29 is 9.90 Å². The molecular weight excluding hydrogens is 290 g/mol. The molecule has 1 aliphatic rings. The lowest BCUT2D eigenvalue weighted by Crippen LogP contribution is -2.42. The van der Waals surface area contributed by atoms with Crippen molar-refractivity contribution in [1.82, 2.24) is 4.90 Å². The van der Waals surface area contributed by atoms with E-state index in [9.17, 15) is 4.79 Å². The Kier molecular flexibility index (Phi) is 6.28. The van der Waals surface area contributed by atoms with Gasteiger partial charge in [-0.2, -0.15) is 0 Å². The summed E-state index contributed by atoms with van der Waals surface area (Å²) in [6.45, 7) is 9.64. The van der Waals surface area contributed by atoms with E-state index in [0.717, 1.165) is 29.8 Å². The highest BCUT2D eigenvalue weighted by Crippen LogP contribution is 2.25. The maximum Gasteiger partial charge on any atom is 0.409 e. The molecule has 128 valence electrons. The van der Waals surface area contributed by atoms with E-state index in [2.05, 4.69) is 22.5 Å². The van der Waals surface area contributed by atoms with Crippen molar-refractivity contribution >= 4 is 17.5 Å². The van der Waals surface area contributed by atoms with Crippen LogP contribution in [-0.2, 0) is 0 Å². The average Bonchev–Trinajstić information content (AvgIpc) is 2.50. The molecule has 0 spiro atoms. The third kappa shape index (κ3) is 4.86. The first-order chi connectivity index (χ1) is 11.0. The van der Waals surface area contributed by atoms with Crippen molar-refractivity contribution in [2.75, 3.05) is 30.3 Å². The molecule has 1 fully saturated rings. The number of amides is 1. The van der Waals surface area contributed by atoms with Gasteiger partial charge < -0.3 is 10.4 Å². The molecule has 0 aromatic heterocycles. The van der Waals surface area contributed by atoms with Gasteiger partial charge >= 0.3 is 6.09 Å². The van der Waals surface area contributed by atoms with E-state index >= 15 is 0 Å². The number of nitrogens with one attached hydrogen (secondary N) is 2. The fourth-order valence-electron chi connectivity index (χ4n) is 3.47. The first kappa shape index (κ1) is 17.6. The van der Waals surface area contributed by atoms with Crippen LogP contribution in [0.15, 0.2) is 12.1 Å². The molecule has 1 amide bonds. The Morgan fingerprint density at radius 2 is 1.83 bits per heavy atom. The summed E-state index contributed by atoms with van der Waals surface area (Å²) in [5.74, 6) is 0. The first-order valence-corrected chi connectivity index (χ1v) is 8.60. The second-order valence-corrected chi connectivity index (χ2v) is 6.45. The fourth-order valence-corrected chi connectivity index (χ4v) is 3.47. The monoisotopic (exact) mass is 319 g/mol. The third-order valence-corrected chi connectivity index (χ3v) is 4.68. The predicted octanol–water partition coefficient (Wildman–Crippen LogP) is 4.07. The molecule has 1 saturated heterocycles. The quantitative estimate of drug-likeness (QED) is 0.739. The van der Waals surface area contributed by atoms with Crippen LogP contribution in [0.3, 0.4) is 0 Å². The van der Waals surface area contributed by atoms with Gasteiger partial charge in [0.25, 0.3) is 0 Å². The van der Waals surface area contributed by atoms with E-state index in [-0.39, 0.29) is 0 Å².